The van der Waals surface area contributed by atoms with E-state index in [4.69, 9.17) is 4.52 Å². The average molecular weight is 374 g/mol. The summed E-state index contributed by atoms with van der Waals surface area (Å²) in [4.78, 5) is 19.9. The molecule has 2 heterocycles. The van der Waals surface area contributed by atoms with Crippen molar-refractivity contribution in [3.8, 4) is 10.7 Å². The Morgan fingerprint density at radius 2 is 2.08 bits per heavy atom. The zero-order valence-corrected chi connectivity index (χ0v) is 16.7. The Labute approximate surface area is 158 Å². The Morgan fingerprint density at radius 1 is 1.31 bits per heavy atom. The van der Waals surface area contributed by atoms with E-state index in [1.807, 2.05) is 6.07 Å². The molecule has 1 amide bonds. The van der Waals surface area contributed by atoms with Gasteiger partial charge in [-0.15, -0.1) is 11.3 Å². The number of carbonyl (C=O) groups is 1. The number of aryl methyl sites for hydroxylation is 1. The molecule has 0 saturated heterocycles. The Balaban J connectivity index is 1.56. The van der Waals surface area contributed by atoms with E-state index in [-0.39, 0.29) is 23.2 Å². The molecule has 2 bridgehead atoms. The van der Waals surface area contributed by atoms with Gasteiger partial charge in [-0.05, 0) is 55.6 Å². The number of thiophene rings is 1. The molecular formula is C20H27N3O2S. The predicted molar refractivity (Wildman–Crippen MR) is 102 cm³/mol. The van der Waals surface area contributed by atoms with Gasteiger partial charge in [-0.1, -0.05) is 25.9 Å². The molecule has 2 aliphatic carbocycles. The molecule has 0 spiro atoms. The fraction of sp³-hybridized carbons (Fsp3) is 0.650. The normalized spacial score (nSPS) is 27.8. The lowest BCUT2D eigenvalue weighted by molar-refractivity contribution is -0.127. The van der Waals surface area contributed by atoms with E-state index in [0.29, 0.717) is 30.1 Å². The quantitative estimate of drug-likeness (QED) is 0.862. The number of rotatable bonds is 4. The van der Waals surface area contributed by atoms with Gasteiger partial charge < -0.3 is 9.84 Å². The molecule has 2 aromatic heterocycles. The second-order valence-corrected chi connectivity index (χ2v) is 10.3. The van der Waals surface area contributed by atoms with Crippen molar-refractivity contribution in [2.75, 3.05) is 6.54 Å². The van der Waals surface area contributed by atoms with Gasteiger partial charge in [-0.2, -0.15) is 4.98 Å². The van der Waals surface area contributed by atoms with Gasteiger partial charge in [0.15, 0.2) is 0 Å². The van der Waals surface area contributed by atoms with Crippen molar-refractivity contribution in [2.24, 2.45) is 23.2 Å². The number of nitrogens with one attached hydrogen (secondary N) is 1. The van der Waals surface area contributed by atoms with E-state index in [1.165, 1.54) is 4.88 Å². The highest BCUT2D eigenvalue weighted by Gasteiger charge is 2.53. The second kappa shape index (κ2) is 6.48. The zero-order valence-electron chi connectivity index (χ0n) is 15.9. The Kier molecular flexibility index (Phi) is 4.41. The van der Waals surface area contributed by atoms with E-state index in [9.17, 15) is 4.79 Å². The zero-order chi connectivity index (χ0) is 18.5. The van der Waals surface area contributed by atoms with Crippen molar-refractivity contribution in [3.63, 3.8) is 0 Å². The number of amides is 1. The van der Waals surface area contributed by atoms with Crippen molar-refractivity contribution in [1.82, 2.24) is 15.5 Å². The van der Waals surface area contributed by atoms with Gasteiger partial charge in [0.25, 0.3) is 0 Å². The van der Waals surface area contributed by atoms with Gasteiger partial charge in [0.05, 0.1) is 16.7 Å². The number of hydrogen-bond acceptors (Lipinski definition) is 5. The molecule has 2 fully saturated rings. The highest BCUT2D eigenvalue weighted by Crippen LogP contribution is 2.56. The Morgan fingerprint density at radius 3 is 2.77 bits per heavy atom. The minimum Gasteiger partial charge on any atom is -0.355 e. The van der Waals surface area contributed by atoms with Gasteiger partial charge in [-0.25, -0.2) is 0 Å². The molecule has 2 saturated carbocycles. The summed E-state index contributed by atoms with van der Waals surface area (Å²) in [5.74, 6) is 2.42. The van der Waals surface area contributed by atoms with Crippen LogP contribution in [0.5, 0.6) is 0 Å². The van der Waals surface area contributed by atoms with E-state index >= 15 is 0 Å². The van der Waals surface area contributed by atoms with Crippen LogP contribution in [-0.2, 0) is 4.79 Å². The largest absolute Gasteiger partial charge is 0.355 e. The number of nitrogens with zero attached hydrogens (tertiary/aromatic N) is 2. The molecule has 6 heteroatoms. The summed E-state index contributed by atoms with van der Waals surface area (Å²) in [6.45, 7) is 9.17. The van der Waals surface area contributed by atoms with Gasteiger partial charge >= 0.3 is 0 Å². The lowest BCUT2D eigenvalue weighted by atomic mass is 9.78. The van der Waals surface area contributed by atoms with Crippen molar-refractivity contribution in [3.05, 3.63) is 22.9 Å². The van der Waals surface area contributed by atoms with Crippen molar-refractivity contribution >= 4 is 17.2 Å². The molecule has 0 aliphatic heterocycles. The van der Waals surface area contributed by atoms with Crippen LogP contribution in [-0.4, -0.2) is 22.6 Å². The fourth-order valence-corrected chi connectivity index (χ4v) is 5.31. The highest BCUT2D eigenvalue weighted by atomic mass is 32.1. The smallest absolute Gasteiger partial charge is 0.231 e. The maximum Gasteiger partial charge on any atom is 0.231 e. The maximum absolute atomic E-state index is 12.9. The summed E-state index contributed by atoms with van der Waals surface area (Å²) in [5.41, 5.74) is 0.0808. The molecule has 2 aliphatic rings. The lowest BCUT2D eigenvalue weighted by Gasteiger charge is -2.29. The van der Waals surface area contributed by atoms with Gasteiger partial charge in [0.2, 0.25) is 17.6 Å². The first-order valence-corrected chi connectivity index (χ1v) is 10.3. The molecule has 0 radical (unpaired) electrons. The van der Waals surface area contributed by atoms with Gasteiger partial charge in [-0.3, -0.25) is 4.79 Å². The molecule has 4 atom stereocenters. The van der Waals surface area contributed by atoms with Crippen LogP contribution >= 0.6 is 11.3 Å². The number of fused-ring (bicyclic) bond motifs is 2. The molecule has 26 heavy (non-hydrogen) atoms. The van der Waals surface area contributed by atoms with Gasteiger partial charge in [0.1, 0.15) is 0 Å². The molecular weight excluding hydrogens is 346 g/mol. The first kappa shape index (κ1) is 17.7. The van der Waals surface area contributed by atoms with Crippen LogP contribution in [0.25, 0.3) is 10.7 Å². The molecule has 4 rings (SSSR count). The molecule has 2 aromatic rings. The van der Waals surface area contributed by atoms with Crippen LogP contribution in [0, 0.1) is 30.1 Å². The van der Waals surface area contributed by atoms with Crippen molar-refractivity contribution < 1.29 is 9.32 Å². The maximum atomic E-state index is 12.9. The number of hydrogen-bond donors (Lipinski definition) is 1. The summed E-state index contributed by atoms with van der Waals surface area (Å²) in [5, 5.41) is 7.36. The SMILES string of the molecule is Cc1ccc(-c2noc([C@H]3[C@@H]4CC[C@@H](C4)[C@@H]3C(=O)NCC(C)(C)C)n2)s1. The van der Waals surface area contributed by atoms with E-state index in [0.717, 1.165) is 24.1 Å². The summed E-state index contributed by atoms with van der Waals surface area (Å²) in [6, 6.07) is 4.10. The average Bonchev–Trinajstić information content (AvgIpc) is 3.33. The first-order chi connectivity index (χ1) is 12.3. The standard InChI is InChI=1S/C20H27N3O2S/c1-11-5-8-14(26-11)17-22-19(25-23-17)16-13-7-6-12(9-13)15(16)18(24)21-10-20(2,3)4/h5,8,12-13,15-16H,6-7,9-10H2,1-4H3,(H,21,24)/t12-,13+,15-,16-/m0/s1. The van der Waals surface area contributed by atoms with Crippen LogP contribution in [0.15, 0.2) is 16.7 Å². The minimum absolute atomic E-state index is 0.0329. The highest BCUT2D eigenvalue weighted by molar-refractivity contribution is 7.15. The third kappa shape index (κ3) is 3.31. The van der Waals surface area contributed by atoms with Crippen molar-refractivity contribution in [2.45, 2.75) is 52.9 Å². The number of carbonyl (C=O) groups excluding carboxylic acids is 1. The lowest BCUT2D eigenvalue weighted by Crippen LogP contribution is -2.41. The van der Waals surface area contributed by atoms with Crippen LogP contribution in [0.2, 0.25) is 0 Å². The molecule has 140 valence electrons. The Hall–Kier alpha value is -1.69. The van der Waals surface area contributed by atoms with E-state index in [2.05, 4.69) is 49.2 Å². The van der Waals surface area contributed by atoms with E-state index in [1.54, 1.807) is 11.3 Å². The summed E-state index contributed by atoms with van der Waals surface area (Å²) in [6.07, 6.45) is 3.40. The van der Waals surface area contributed by atoms with E-state index < -0.39 is 0 Å². The van der Waals surface area contributed by atoms with Crippen LogP contribution in [0.3, 0.4) is 0 Å². The first-order valence-electron chi connectivity index (χ1n) is 9.50. The topological polar surface area (TPSA) is 68.0 Å². The monoisotopic (exact) mass is 373 g/mol. The summed E-state index contributed by atoms with van der Waals surface area (Å²) < 4.78 is 5.66. The summed E-state index contributed by atoms with van der Waals surface area (Å²) in [7, 11) is 0. The molecule has 5 nitrogen and oxygen atoms in total. The van der Waals surface area contributed by atoms with Crippen LogP contribution in [0.1, 0.15) is 56.7 Å². The molecule has 1 N–H and O–H groups in total. The third-order valence-electron chi connectivity index (χ3n) is 5.70. The van der Waals surface area contributed by atoms with Crippen molar-refractivity contribution in [1.29, 1.82) is 0 Å². The molecule has 0 unspecified atom stereocenters. The second-order valence-electron chi connectivity index (χ2n) is 9.03. The summed E-state index contributed by atoms with van der Waals surface area (Å²) >= 11 is 1.67. The number of aromatic nitrogens is 2. The Bertz CT molecular complexity index is 804. The third-order valence-corrected chi connectivity index (χ3v) is 6.70. The van der Waals surface area contributed by atoms with Crippen LogP contribution < -0.4 is 5.32 Å². The van der Waals surface area contributed by atoms with Gasteiger partial charge in [0, 0.05) is 11.4 Å². The predicted octanol–water partition coefficient (Wildman–Crippen LogP) is 4.40. The molecule has 0 aromatic carbocycles. The minimum atomic E-state index is -0.0329. The fourth-order valence-electron chi connectivity index (χ4n) is 4.52. The van der Waals surface area contributed by atoms with Crippen LogP contribution in [0.4, 0.5) is 0 Å².